The maximum Gasteiger partial charge on any atom is 0.411 e. The first-order chi connectivity index (χ1) is 66.0. The third-order valence-corrected chi connectivity index (χ3v) is 29.1. The summed E-state index contributed by atoms with van der Waals surface area (Å²) in [6.45, 7) is 33.7. The predicted molar refractivity (Wildman–Crippen MR) is 568 cm³/mol. The Morgan fingerprint density at radius 3 is 1.30 bits per heavy atom. The van der Waals surface area contributed by atoms with Crippen molar-refractivity contribution < 1.29 is 84.2 Å². The summed E-state index contributed by atoms with van der Waals surface area (Å²) in [5.41, 5.74) is 18.4. The molecule has 0 unspecified atom stereocenters. The number of hydrogen-bond donors (Lipinski definition) is 8. The van der Waals surface area contributed by atoms with Gasteiger partial charge in [0.2, 0.25) is 66.0 Å². The highest BCUT2D eigenvalue weighted by atomic mass is 32.2. The molecule has 1 aliphatic carbocycles. The number of amides is 3. The zero-order valence-corrected chi connectivity index (χ0v) is 88.9. The lowest BCUT2D eigenvalue weighted by Crippen LogP contribution is -2.27. The van der Waals surface area contributed by atoms with Crippen LogP contribution in [-0.4, -0.2) is 149 Å². The van der Waals surface area contributed by atoms with Gasteiger partial charge in [0, 0.05) is 67.4 Å². The molecule has 1 aliphatic rings. The monoisotopic (exact) mass is 2050 g/mol. The molecule has 1 saturated carbocycles. The van der Waals surface area contributed by atoms with E-state index in [1.807, 2.05) is 265 Å². The fourth-order valence-corrected chi connectivity index (χ4v) is 16.9. The quantitative estimate of drug-likeness (QED) is 0.0250. The number of hydrogen-bond acceptors (Lipinski definition) is 20. The van der Waals surface area contributed by atoms with E-state index in [1.165, 1.54) is 44.7 Å². The van der Waals surface area contributed by atoms with Crippen molar-refractivity contribution in [1.29, 1.82) is 5.26 Å². The van der Waals surface area contributed by atoms with Gasteiger partial charge in [0.05, 0.1) is 93.4 Å². The number of primary sulfonamides is 1. The molecule has 11 aromatic carbocycles. The van der Waals surface area contributed by atoms with Gasteiger partial charge in [0.25, 0.3) is 0 Å². The number of rotatable bonds is 26. The number of aryl methyl sites for hydroxylation is 10. The van der Waals surface area contributed by atoms with Gasteiger partial charge in [-0.05, 0) is 253 Å². The van der Waals surface area contributed by atoms with E-state index in [-0.39, 0.29) is 46.1 Å². The number of methoxy groups -OCH3 is 1. The van der Waals surface area contributed by atoms with Crippen LogP contribution in [-0.2, 0) is 87.4 Å². The van der Waals surface area contributed by atoms with Crippen molar-refractivity contribution in [2.45, 2.75) is 169 Å². The number of ether oxygens (including phenoxy) is 3. The Bertz CT molecular complexity index is 6780. The molecule has 0 bridgehead atoms. The predicted octanol–water partition coefficient (Wildman–Crippen LogP) is 19.5. The van der Waals surface area contributed by atoms with Crippen molar-refractivity contribution in [3.8, 4) is 23.1 Å². The number of anilines is 6. The van der Waals surface area contributed by atoms with Gasteiger partial charge in [-0.25, -0.2) is 74.7 Å². The van der Waals surface area contributed by atoms with E-state index in [2.05, 4.69) is 47.7 Å². The van der Waals surface area contributed by atoms with E-state index in [4.69, 9.17) is 24.5 Å². The standard InChI is InChI=1S/C27H25N3O2.C13H19NO2.C10H13NO2S.2C10H15NO2S.C10H13NO2.C9H13NO3S.C9H13NO2S.C7H9NO2S/c1-4-30-25-16-22(32-3)13-14-23(25)24(17-28)27(30)20-9-11-21(12-10-20)29-26(31)15-19-7-5-18(2)6-8-19;1-10-5-7-11(8-6-10)14-12(15)16-9-13(2,3)4;1-8-2-6-10(7-3-8)14(12,13)11-9-4-5-9;1-8(2)14(12,13)11-10-6-4-9(3)5-7-10;1-4-14(12,13)11(3)10-7-5-9(2)6-8-10;1-3-13-10(12)11-9-6-4-8(2)5-7-9;1-8-2-4-9(5-3-8)14(12,13)10-6-7-11;1-8-4-6-9(7-5-8)10(2)13(3,11)12;1-6-3-2-4-7(5-6)11(8,9)10/h5-14,16H,4,15H2,1-3H3,(H,29,31);5-8H,9H2,1-4H3,(H,14,15);2-3,6-7,9,11H,4-5H2,1H3;4-8,11H,1-3H3;5-8H,4H2,1-3H3;4-7H,3H2,1-2H3,(H,11,12);2-5,10-11H,6-7H2,1H3;4-7H,1-3H3;2-5H,1H3,(H2,8,9,10). The van der Waals surface area contributed by atoms with Crippen LogP contribution in [0.1, 0.15) is 129 Å². The minimum absolute atomic E-state index is 0.00931. The molecule has 1 fully saturated rings. The lowest BCUT2D eigenvalue weighted by Gasteiger charge is -2.18. The number of benzene rings is 11. The number of carbonyl (C=O) groups excluding carboxylic acids is 3. The van der Waals surface area contributed by atoms with Crippen molar-refractivity contribution >= 4 is 123 Å². The van der Waals surface area contributed by atoms with Gasteiger partial charge in [-0.1, -0.05) is 199 Å². The summed E-state index contributed by atoms with van der Waals surface area (Å²) >= 11 is 0. The summed E-state index contributed by atoms with van der Waals surface area (Å²) in [5.74, 6) is 0.818. The van der Waals surface area contributed by atoms with Crippen LogP contribution in [0.25, 0.3) is 22.2 Å². The van der Waals surface area contributed by atoms with Gasteiger partial charge in [-0.2, -0.15) is 5.26 Å². The van der Waals surface area contributed by atoms with E-state index < -0.39 is 77.6 Å². The summed E-state index contributed by atoms with van der Waals surface area (Å²) in [6, 6.07) is 81.0. The minimum Gasteiger partial charge on any atom is -0.497 e. The third kappa shape index (κ3) is 42.7. The van der Waals surface area contributed by atoms with E-state index in [1.54, 1.807) is 103 Å². The first-order valence-electron chi connectivity index (χ1n) is 45.1. The fourth-order valence-electron chi connectivity index (χ4n) is 11.9. The first kappa shape index (κ1) is 119. The number of aliphatic hydroxyl groups excluding tert-OH is 1. The van der Waals surface area contributed by atoms with E-state index in [9.17, 15) is 70.2 Å². The molecule has 3 amide bonds. The van der Waals surface area contributed by atoms with E-state index in [0.29, 0.717) is 47.2 Å². The van der Waals surface area contributed by atoms with Crippen molar-refractivity contribution in [3.63, 3.8) is 0 Å². The second kappa shape index (κ2) is 56.0. The molecule has 0 radical (unpaired) electrons. The molecule has 141 heavy (non-hydrogen) atoms. The van der Waals surface area contributed by atoms with Gasteiger partial charge in [0.15, 0.2) is 0 Å². The van der Waals surface area contributed by atoms with Gasteiger partial charge in [-0.15, -0.1) is 0 Å². The Kier molecular flexibility index (Phi) is 47.1. The number of fused-ring (bicyclic) bond motifs is 1. The highest BCUT2D eigenvalue weighted by Gasteiger charge is 2.28. The molecule has 0 spiro atoms. The lowest BCUT2D eigenvalue weighted by atomic mass is 9.99. The van der Waals surface area contributed by atoms with Crippen LogP contribution < -0.4 is 48.6 Å². The van der Waals surface area contributed by atoms with Crippen molar-refractivity contribution in [2.24, 2.45) is 10.6 Å². The Morgan fingerprint density at radius 1 is 0.511 bits per heavy atom. The van der Waals surface area contributed by atoms with Gasteiger partial charge >= 0.3 is 12.2 Å². The molecular weight excluding hydrogens is 1910 g/mol. The van der Waals surface area contributed by atoms with Crippen LogP contribution in [0, 0.1) is 79.1 Å². The highest BCUT2D eigenvalue weighted by Crippen LogP contribution is 2.36. The molecule has 13 rings (SSSR count). The molecule has 0 saturated heterocycles. The SMILES string of the molecule is CCOC(=O)Nc1ccc(C)cc1.CCS(=O)(=O)N(C)c1ccc(C)cc1.CCn1c(-c2ccc(NC(=O)Cc3ccc(C)cc3)cc2)c(C#N)c2ccc(OC)cc21.Cc1ccc(N(C)S(C)(=O)=O)cc1.Cc1ccc(NC(=O)OCC(C)(C)C)cc1.Cc1ccc(NS(=O)(=O)C(C)C)cc1.Cc1ccc(S(=O)(=O)NC2CC2)cc1.Cc1ccc(S(=O)(=O)NCCO)cc1.Cc1cccc(S(N)(=O)=O)c1. The second-order valence-electron chi connectivity index (χ2n) is 34.4. The maximum absolute atomic E-state index is 12.4. The Morgan fingerprint density at radius 2 is 0.922 bits per heavy atom. The van der Waals surface area contributed by atoms with Gasteiger partial charge in [-0.3, -0.25) is 28.8 Å². The number of carbonyl (C=O) groups is 3. The lowest BCUT2D eigenvalue weighted by molar-refractivity contribution is -0.115. The largest absolute Gasteiger partial charge is 0.497 e. The van der Waals surface area contributed by atoms with Gasteiger partial charge in [0.1, 0.15) is 11.8 Å². The van der Waals surface area contributed by atoms with Crippen LogP contribution in [0.4, 0.5) is 43.7 Å². The Balaban J connectivity index is 0.000000287. The normalized spacial score (nSPS) is 11.6. The zero-order valence-electron chi connectivity index (χ0n) is 84.0. The fraction of sp³-hybridized carbons (Fsp3) is 0.314. The van der Waals surface area contributed by atoms with E-state index >= 15 is 0 Å². The van der Waals surface area contributed by atoms with Crippen LogP contribution in [0.3, 0.4) is 0 Å². The third-order valence-electron chi connectivity index (χ3n) is 20.4. The number of sulfonamides is 6. The average Bonchev–Trinajstić information content (AvgIpc) is 1.60. The highest BCUT2D eigenvalue weighted by molar-refractivity contribution is 7.93. The molecule has 0 atom stereocenters. The molecular formula is C105H135N11O19S6. The number of nitrogens with one attached hydrogen (secondary N) is 6. The number of nitrogens with zero attached hydrogens (tertiary/aromatic N) is 4. The number of aromatic nitrogens is 1. The molecule has 760 valence electrons. The van der Waals surface area contributed by atoms with Crippen molar-refractivity contribution in [2.75, 3.05) is 88.9 Å². The van der Waals surface area contributed by atoms with Gasteiger partial charge < -0.3 is 29.2 Å². The average molecular weight is 2050 g/mol. The molecule has 9 N–H and O–H groups in total. The number of nitriles is 1. The van der Waals surface area contributed by atoms with Crippen molar-refractivity contribution in [1.82, 2.24) is 14.0 Å². The van der Waals surface area contributed by atoms with Crippen LogP contribution in [0.5, 0.6) is 5.75 Å². The van der Waals surface area contributed by atoms with Crippen molar-refractivity contribution in [3.05, 3.63) is 322 Å². The summed E-state index contributed by atoms with van der Waals surface area (Å²) in [7, 11) is -15.0. The van der Waals surface area contributed by atoms with Crippen LogP contribution >= 0.6 is 0 Å². The molecule has 30 nitrogen and oxygen atoms in total. The summed E-state index contributed by atoms with van der Waals surface area (Å²) in [4.78, 5) is 35.5. The van der Waals surface area contributed by atoms with Crippen LogP contribution in [0.15, 0.2) is 276 Å². The maximum atomic E-state index is 12.4. The summed E-state index contributed by atoms with van der Waals surface area (Å²) in [5, 5.41) is 32.0. The van der Waals surface area contributed by atoms with Crippen LogP contribution in [0.2, 0.25) is 0 Å². The molecule has 1 aromatic heterocycles. The minimum atomic E-state index is -3.53. The number of aliphatic hydroxyl groups is 1. The second-order valence-corrected chi connectivity index (χ2v) is 46.0. The Hall–Kier alpha value is -12.8. The summed E-state index contributed by atoms with van der Waals surface area (Å²) < 4.78 is 163. The Labute approximate surface area is 834 Å². The smallest absolute Gasteiger partial charge is 0.411 e. The number of nitrogens with two attached hydrogens (primary N) is 1. The molecule has 12 aromatic rings. The summed E-state index contributed by atoms with van der Waals surface area (Å²) in [6.07, 6.45) is 2.63. The topological polar surface area (TPSA) is 437 Å². The van der Waals surface area contributed by atoms with E-state index in [0.717, 1.165) is 114 Å². The molecule has 1 heterocycles. The molecule has 0 aliphatic heterocycles. The zero-order chi connectivity index (χ0) is 105. The molecule has 36 heteroatoms. The first-order valence-corrected chi connectivity index (χ1v) is 54.6.